The van der Waals surface area contributed by atoms with Crippen LogP contribution in [0.3, 0.4) is 0 Å². The Bertz CT molecular complexity index is 80.4. The Morgan fingerprint density at radius 1 is 1.14 bits per heavy atom. The second-order valence-corrected chi connectivity index (χ2v) is 1.51. The van der Waals surface area contributed by atoms with E-state index in [2.05, 4.69) is 17.9 Å². The Morgan fingerprint density at radius 2 is 1.71 bits per heavy atom. The highest BCUT2D eigenvalue weighted by Gasteiger charge is 1.81. The predicted molar refractivity (Wildman–Crippen MR) is 30.1 cm³/mol. The van der Waals surface area contributed by atoms with Gasteiger partial charge in [-0.2, -0.15) is 0 Å². The van der Waals surface area contributed by atoms with Crippen LogP contribution in [0.2, 0.25) is 0 Å². The molecule has 0 saturated heterocycles. The maximum absolute atomic E-state index is 3.03. The molecule has 7 heavy (non-hydrogen) atoms. The van der Waals surface area contributed by atoms with Crippen LogP contribution in [0.5, 0.6) is 0 Å². The zero-order valence-electron chi connectivity index (χ0n) is 4.28. The minimum absolute atomic E-state index is 0. The standard InChI is InChI=1S/C6H8.H2O/c1-2-4-6-5-3-1;/h1,5H,2,4,6H2;1H2. The Hall–Kier alpha value is -0.520. The molecular weight excluding hydrogens is 88.1 g/mol. The molecule has 0 aromatic heterocycles. The molecule has 0 heterocycles. The Morgan fingerprint density at radius 3 is 1.86 bits per heavy atom. The summed E-state index contributed by atoms with van der Waals surface area (Å²) in [5, 5.41) is 0. The number of rotatable bonds is 0. The third kappa shape index (κ3) is 2.21. The lowest BCUT2D eigenvalue weighted by Crippen LogP contribution is -1.70. The molecule has 2 N–H and O–H groups in total. The Balaban J connectivity index is 0.000000360. The first kappa shape index (κ1) is 6.48. The van der Waals surface area contributed by atoms with Gasteiger partial charge >= 0.3 is 0 Å². The van der Waals surface area contributed by atoms with E-state index in [0.29, 0.717) is 0 Å². The first-order valence-corrected chi connectivity index (χ1v) is 2.39. The van der Waals surface area contributed by atoms with Crippen molar-refractivity contribution in [1.29, 1.82) is 0 Å². The van der Waals surface area contributed by atoms with Crippen LogP contribution in [0, 0.1) is 0 Å². The van der Waals surface area contributed by atoms with E-state index in [9.17, 15) is 0 Å². The van der Waals surface area contributed by atoms with Crippen molar-refractivity contribution in [3.05, 3.63) is 17.9 Å². The molecule has 40 valence electrons. The molecule has 1 rings (SSSR count). The van der Waals surface area contributed by atoms with E-state index in [0.717, 1.165) is 0 Å². The average Bonchev–Trinajstić information content (AvgIpc) is 1.72. The van der Waals surface area contributed by atoms with Crippen LogP contribution in [-0.2, 0) is 0 Å². The van der Waals surface area contributed by atoms with Crippen molar-refractivity contribution in [3.63, 3.8) is 0 Å². The lowest BCUT2D eigenvalue weighted by atomic mass is 10.2. The largest absolute Gasteiger partial charge is 0.412 e. The molecule has 0 fully saturated rings. The minimum atomic E-state index is 0. The van der Waals surface area contributed by atoms with Crippen molar-refractivity contribution >= 4 is 0 Å². The summed E-state index contributed by atoms with van der Waals surface area (Å²) in [4.78, 5) is 0. The van der Waals surface area contributed by atoms with E-state index < -0.39 is 0 Å². The molecule has 0 atom stereocenters. The molecular formula is C6H10O. The average molecular weight is 98.1 g/mol. The van der Waals surface area contributed by atoms with E-state index in [1.807, 2.05) is 0 Å². The Labute approximate surface area is 43.7 Å². The van der Waals surface area contributed by atoms with Crippen molar-refractivity contribution in [2.24, 2.45) is 0 Å². The molecule has 0 aliphatic heterocycles. The van der Waals surface area contributed by atoms with Gasteiger partial charge in [0.15, 0.2) is 0 Å². The van der Waals surface area contributed by atoms with E-state index >= 15 is 0 Å². The van der Waals surface area contributed by atoms with Crippen LogP contribution < -0.4 is 0 Å². The van der Waals surface area contributed by atoms with Gasteiger partial charge in [0, 0.05) is 0 Å². The zero-order chi connectivity index (χ0) is 4.24. The van der Waals surface area contributed by atoms with Gasteiger partial charge in [-0.3, -0.25) is 0 Å². The van der Waals surface area contributed by atoms with Crippen molar-refractivity contribution < 1.29 is 5.48 Å². The monoisotopic (exact) mass is 98.1 g/mol. The lowest BCUT2D eigenvalue weighted by molar-refractivity contribution is 0.824. The van der Waals surface area contributed by atoms with Gasteiger partial charge in [-0.1, -0.05) is 0 Å². The highest BCUT2D eigenvalue weighted by molar-refractivity contribution is 4.89. The first-order chi connectivity index (χ1) is 3.00. The highest BCUT2D eigenvalue weighted by Crippen LogP contribution is 2.00. The number of allylic oxidation sites excluding steroid dienone is 1. The van der Waals surface area contributed by atoms with E-state index in [-0.39, 0.29) is 5.48 Å². The van der Waals surface area contributed by atoms with E-state index in [1.54, 1.807) is 0 Å². The second-order valence-electron chi connectivity index (χ2n) is 1.51. The van der Waals surface area contributed by atoms with Gasteiger partial charge in [-0.25, -0.2) is 0 Å². The summed E-state index contributed by atoms with van der Waals surface area (Å²) in [5.74, 6) is 0. The molecule has 1 aliphatic carbocycles. The summed E-state index contributed by atoms with van der Waals surface area (Å²) in [5.41, 5.74) is 3.03. The molecule has 0 bridgehead atoms. The lowest BCUT2D eigenvalue weighted by Gasteiger charge is -1.89. The SMILES string of the molecule is C1=CCCCC=1.O. The third-order valence-electron chi connectivity index (χ3n) is 0.933. The van der Waals surface area contributed by atoms with Crippen LogP contribution in [0.15, 0.2) is 17.9 Å². The van der Waals surface area contributed by atoms with Crippen molar-refractivity contribution in [3.8, 4) is 0 Å². The fraction of sp³-hybridized carbons (Fsp3) is 0.500. The highest BCUT2D eigenvalue weighted by atomic mass is 16.0. The van der Waals surface area contributed by atoms with Gasteiger partial charge in [-0.05, 0) is 31.4 Å². The molecule has 0 aromatic carbocycles. The van der Waals surface area contributed by atoms with Crippen LogP contribution in [-0.4, -0.2) is 5.48 Å². The van der Waals surface area contributed by atoms with Gasteiger partial charge in [0.2, 0.25) is 0 Å². The molecule has 1 heteroatoms. The summed E-state index contributed by atoms with van der Waals surface area (Å²) in [6.45, 7) is 0. The molecule has 0 aromatic rings. The number of hydrogen-bond acceptors (Lipinski definition) is 0. The van der Waals surface area contributed by atoms with Crippen molar-refractivity contribution in [2.75, 3.05) is 0 Å². The molecule has 0 amide bonds. The summed E-state index contributed by atoms with van der Waals surface area (Å²) < 4.78 is 0. The van der Waals surface area contributed by atoms with Crippen LogP contribution in [0.25, 0.3) is 0 Å². The quantitative estimate of drug-likeness (QED) is 0.406. The van der Waals surface area contributed by atoms with Crippen LogP contribution in [0.1, 0.15) is 19.3 Å². The zero-order valence-corrected chi connectivity index (χ0v) is 4.28. The van der Waals surface area contributed by atoms with Gasteiger partial charge in [-0.15, -0.1) is 5.73 Å². The Kier molecular flexibility index (Phi) is 3.39. The fourth-order valence-electron chi connectivity index (χ4n) is 0.572. The molecule has 0 spiro atoms. The maximum Gasteiger partial charge on any atom is -0.0271 e. The van der Waals surface area contributed by atoms with Crippen molar-refractivity contribution in [2.45, 2.75) is 19.3 Å². The van der Waals surface area contributed by atoms with Gasteiger partial charge < -0.3 is 5.48 Å². The molecule has 0 unspecified atom stereocenters. The first-order valence-electron chi connectivity index (χ1n) is 2.39. The molecule has 1 aliphatic rings. The van der Waals surface area contributed by atoms with Crippen LogP contribution >= 0.6 is 0 Å². The normalized spacial score (nSPS) is 16.0. The molecule has 0 radical (unpaired) electrons. The summed E-state index contributed by atoms with van der Waals surface area (Å²) in [7, 11) is 0. The summed E-state index contributed by atoms with van der Waals surface area (Å²) >= 11 is 0. The van der Waals surface area contributed by atoms with Gasteiger partial charge in [0.05, 0.1) is 0 Å². The van der Waals surface area contributed by atoms with Gasteiger partial charge in [0.1, 0.15) is 0 Å². The van der Waals surface area contributed by atoms with Gasteiger partial charge in [0.25, 0.3) is 0 Å². The minimum Gasteiger partial charge on any atom is -0.412 e. The third-order valence-corrected chi connectivity index (χ3v) is 0.933. The summed E-state index contributed by atoms with van der Waals surface area (Å²) in [6, 6.07) is 0. The summed E-state index contributed by atoms with van der Waals surface area (Å²) in [6.07, 6.45) is 7.97. The topological polar surface area (TPSA) is 31.5 Å². The molecule has 0 saturated carbocycles. The second kappa shape index (κ2) is 3.66. The van der Waals surface area contributed by atoms with E-state index in [4.69, 9.17) is 0 Å². The smallest absolute Gasteiger partial charge is 0.0271 e. The van der Waals surface area contributed by atoms with E-state index in [1.165, 1.54) is 19.3 Å². The van der Waals surface area contributed by atoms with Crippen molar-refractivity contribution in [1.82, 2.24) is 0 Å². The fourth-order valence-corrected chi connectivity index (χ4v) is 0.572. The maximum atomic E-state index is 3.03. The molecule has 1 nitrogen and oxygen atoms in total. The predicted octanol–water partition coefficient (Wildman–Crippen LogP) is 1.06. The van der Waals surface area contributed by atoms with Crippen LogP contribution in [0.4, 0.5) is 0 Å². The number of hydrogen-bond donors (Lipinski definition) is 0.